The third kappa shape index (κ3) is 2.98. The summed E-state index contributed by atoms with van der Waals surface area (Å²) < 4.78 is 40.1. The smallest absolute Gasteiger partial charge is 0.293 e. The Morgan fingerprint density at radius 1 is 1.33 bits per heavy atom. The number of rotatable bonds is 3. The van der Waals surface area contributed by atoms with E-state index in [0.717, 1.165) is 13.0 Å². The van der Waals surface area contributed by atoms with Crippen molar-refractivity contribution in [3.05, 3.63) is 0 Å². The van der Waals surface area contributed by atoms with E-state index in [1.807, 2.05) is 0 Å². The lowest BCUT2D eigenvalue weighted by Crippen LogP contribution is -2.38. The highest BCUT2D eigenvalue weighted by Gasteiger charge is 2.25. The number of hydrogen-bond donors (Lipinski definition) is 1. The van der Waals surface area contributed by atoms with Crippen LogP contribution in [-0.4, -0.2) is 32.0 Å². The molecular weight excluding hydrogens is 171 g/mol. The highest BCUT2D eigenvalue weighted by atomic mass is 19.3. The first kappa shape index (κ1) is 9.80. The Labute approximate surface area is 69.1 Å². The first-order valence-corrected chi connectivity index (χ1v) is 3.98. The minimum absolute atomic E-state index is 0.400. The van der Waals surface area contributed by atoms with Crippen LogP contribution in [0.5, 0.6) is 0 Å². The van der Waals surface area contributed by atoms with Gasteiger partial charge in [0.05, 0.1) is 6.10 Å². The zero-order valence-corrected chi connectivity index (χ0v) is 6.60. The van der Waals surface area contributed by atoms with Crippen LogP contribution >= 0.6 is 0 Å². The molecule has 0 aliphatic carbocycles. The summed E-state index contributed by atoms with van der Waals surface area (Å²) in [6.45, 7) is 1.32. The molecule has 0 bridgehead atoms. The van der Waals surface area contributed by atoms with Crippen LogP contribution < -0.4 is 5.32 Å². The van der Waals surface area contributed by atoms with Gasteiger partial charge in [0.2, 0.25) is 0 Å². The Hall–Kier alpha value is -0.290. The van der Waals surface area contributed by atoms with Gasteiger partial charge < -0.3 is 10.1 Å². The third-order valence-electron chi connectivity index (χ3n) is 1.77. The van der Waals surface area contributed by atoms with Gasteiger partial charge in [-0.2, -0.15) is 0 Å². The average Bonchev–Trinajstić information content (AvgIpc) is 2.06. The third-order valence-corrected chi connectivity index (χ3v) is 1.77. The van der Waals surface area contributed by atoms with Crippen LogP contribution in [0.2, 0.25) is 0 Å². The summed E-state index contributed by atoms with van der Waals surface area (Å²) in [5, 5.41) is 2.94. The lowest BCUT2D eigenvalue weighted by atomic mass is 10.1. The second-order valence-corrected chi connectivity index (χ2v) is 2.79. The summed E-state index contributed by atoms with van der Waals surface area (Å²) in [5.41, 5.74) is 0. The molecule has 1 aliphatic heterocycles. The Bertz CT molecular complexity index is 128. The van der Waals surface area contributed by atoms with E-state index in [0.29, 0.717) is 13.0 Å². The molecule has 0 aromatic heterocycles. The largest absolute Gasteiger partial charge is 0.339 e. The van der Waals surface area contributed by atoms with Crippen molar-refractivity contribution in [2.75, 3.05) is 13.1 Å². The van der Waals surface area contributed by atoms with Crippen molar-refractivity contribution in [3.63, 3.8) is 0 Å². The molecule has 0 saturated carbocycles. The number of hydrogen-bond acceptors (Lipinski definition) is 2. The van der Waals surface area contributed by atoms with Gasteiger partial charge in [-0.05, 0) is 19.4 Å². The first-order chi connectivity index (χ1) is 5.70. The molecule has 2 nitrogen and oxygen atoms in total. The van der Waals surface area contributed by atoms with E-state index < -0.39 is 18.9 Å². The maximum absolute atomic E-state index is 12.3. The maximum Gasteiger partial charge on any atom is 0.293 e. The molecule has 1 rings (SSSR count). The molecule has 0 spiro atoms. The summed E-state index contributed by atoms with van der Waals surface area (Å²) in [6, 6.07) is 0. The molecule has 5 heteroatoms. The van der Waals surface area contributed by atoms with Gasteiger partial charge in [0.15, 0.2) is 0 Å². The molecule has 72 valence electrons. The van der Waals surface area contributed by atoms with E-state index in [1.54, 1.807) is 0 Å². The number of halogens is 3. The van der Waals surface area contributed by atoms with Crippen LogP contribution in [0, 0.1) is 0 Å². The Morgan fingerprint density at radius 3 is 2.58 bits per heavy atom. The molecule has 1 aliphatic rings. The van der Waals surface area contributed by atoms with Gasteiger partial charge in [0.1, 0.15) is 0 Å². The van der Waals surface area contributed by atoms with Gasteiger partial charge in [-0.1, -0.05) is 0 Å². The minimum atomic E-state index is -3.04. The van der Waals surface area contributed by atoms with Crippen LogP contribution in [-0.2, 0) is 4.74 Å². The van der Waals surface area contributed by atoms with Gasteiger partial charge in [0.25, 0.3) is 12.8 Å². The first-order valence-electron chi connectivity index (χ1n) is 3.98. The van der Waals surface area contributed by atoms with Crippen molar-refractivity contribution in [2.24, 2.45) is 0 Å². The van der Waals surface area contributed by atoms with Gasteiger partial charge in [-0.3, -0.25) is 0 Å². The van der Waals surface area contributed by atoms with Gasteiger partial charge in [-0.15, -0.1) is 0 Å². The van der Waals surface area contributed by atoms with Crippen molar-refractivity contribution in [2.45, 2.75) is 31.7 Å². The molecule has 12 heavy (non-hydrogen) atoms. The van der Waals surface area contributed by atoms with Gasteiger partial charge in [-0.25, -0.2) is 13.2 Å². The fraction of sp³-hybridized carbons (Fsp3) is 1.00. The number of alkyl halides is 3. The molecule has 2 unspecified atom stereocenters. The number of ether oxygens (including phenoxy) is 1. The predicted octanol–water partition coefficient (Wildman–Crippen LogP) is 1.32. The van der Waals surface area contributed by atoms with Gasteiger partial charge in [0, 0.05) is 6.54 Å². The van der Waals surface area contributed by atoms with E-state index in [4.69, 9.17) is 0 Å². The van der Waals surface area contributed by atoms with E-state index in [1.165, 1.54) is 0 Å². The zero-order chi connectivity index (χ0) is 8.97. The molecular formula is C7H12F3NO. The standard InChI is InChI=1S/C7H12F3NO/c8-6(9)7(10)12-5-2-1-3-11-4-5/h5-7,11H,1-4H2. The van der Waals surface area contributed by atoms with Crippen LogP contribution in [0.4, 0.5) is 13.2 Å². The average molecular weight is 183 g/mol. The molecule has 1 fully saturated rings. The van der Waals surface area contributed by atoms with Crippen molar-refractivity contribution in [1.29, 1.82) is 0 Å². The van der Waals surface area contributed by atoms with Crippen molar-refractivity contribution >= 4 is 0 Å². The summed E-state index contributed by atoms with van der Waals surface area (Å²) in [5.74, 6) is 0. The maximum atomic E-state index is 12.3. The van der Waals surface area contributed by atoms with Crippen molar-refractivity contribution in [3.8, 4) is 0 Å². The predicted molar refractivity (Wildman–Crippen MR) is 37.9 cm³/mol. The second kappa shape index (κ2) is 4.67. The molecule has 0 aromatic rings. The Morgan fingerprint density at radius 2 is 2.08 bits per heavy atom. The quantitative estimate of drug-likeness (QED) is 0.712. The molecule has 1 N–H and O–H groups in total. The zero-order valence-electron chi connectivity index (χ0n) is 6.60. The lowest BCUT2D eigenvalue weighted by molar-refractivity contribution is -0.160. The number of piperidine rings is 1. The highest BCUT2D eigenvalue weighted by Crippen LogP contribution is 2.14. The Balaban J connectivity index is 2.20. The van der Waals surface area contributed by atoms with Crippen LogP contribution in [0.15, 0.2) is 0 Å². The normalized spacial score (nSPS) is 27.5. The summed E-state index contributed by atoms with van der Waals surface area (Å²) in [6.07, 6.45) is -4.37. The van der Waals surface area contributed by atoms with Crippen molar-refractivity contribution in [1.82, 2.24) is 5.32 Å². The fourth-order valence-electron chi connectivity index (χ4n) is 1.18. The van der Waals surface area contributed by atoms with E-state index in [-0.39, 0.29) is 0 Å². The summed E-state index contributed by atoms with van der Waals surface area (Å²) in [7, 11) is 0. The lowest BCUT2D eigenvalue weighted by Gasteiger charge is -2.24. The highest BCUT2D eigenvalue weighted by molar-refractivity contribution is 4.69. The van der Waals surface area contributed by atoms with Crippen LogP contribution in [0.3, 0.4) is 0 Å². The summed E-state index contributed by atoms with van der Waals surface area (Å²) >= 11 is 0. The van der Waals surface area contributed by atoms with E-state index in [2.05, 4.69) is 10.1 Å². The Kier molecular flexibility index (Phi) is 3.81. The van der Waals surface area contributed by atoms with Crippen LogP contribution in [0.25, 0.3) is 0 Å². The van der Waals surface area contributed by atoms with Crippen LogP contribution in [0.1, 0.15) is 12.8 Å². The molecule has 0 radical (unpaired) electrons. The topological polar surface area (TPSA) is 21.3 Å². The molecule has 0 amide bonds. The number of nitrogens with one attached hydrogen (secondary N) is 1. The molecule has 1 saturated heterocycles. The molecule has 2 atom stereocenters. The SMILES string of the molecule is FC(F)C(F)OC1CCCNC1. The molecule has 0 aromatic carbocycles. The monoisotopic (exact) mass is 183 g/mol. The minimum Gasteiger partial charge on any atom is -0.339 e. The van der Waals surface area contributed by atoms with Crippen molar-refractivity contribution < 1.29 is 17.9 Å². The fourth-order valence-corrected chi connectivity index (χ4v) is 1.18. The summed E-state index contributed by atoms with van der Waals surface area (Å²) in [4.78, 5) is 0. The van der Waals surface area contributed by atoms with Gasteiger partial charge >= 0.3 is 0 Å². The molecule has 1 heterocycles. The second-order valence-electron chi connectivity index (χ2n) is 2.79. The van der Waals surface area contributed by atoms with E-state index in [9.17, 15) is 13.2 Å². The van der Waals surface area contributed by atoms with E-state index >= 15 is 0 Å².